The van der Waals surface area contributed by atoms with Crippen LogP contribution in [0.3, 0.4) is 0 Å². The summed E-state index contributed by atoms with van der Waals surface area (Å²) in [6, 6.07) is 0. The monoisotopic (exact) mass is 229 g/mol. The highest BCUT2D eigenvalue weighted by molar-refractivity contribution is 5.97. The molecule has 0 saturated carbocycles. The number of alkyl halides is 2. The highest BCUT2D eigenvalue weighted by Gasteiger charge is 2.07. The van der Waals surface area contributed by atoms with Crippen molar-refractivity contribution < 1.29 is 8.78 Å². The molecule has 0 aromatic heterocycles. The molecule has 0 aliphatic rings. The van der Waals surface area contributed by atoms with Gasteiger partial charge < -0.3 is 0 Å². The minimum atomic E-state index is -2.50. The molecule has 0 spiro atoms. The van der Waals surface area contributed by atoms with Gasteiger partial charge in [0.1, 0.15) is 5.71 Å². The van der Waals surface area contributed by atoms with Crippen LogP contribution in [0.15, 0.2) is 28.9 Å². The second kappa shape index (κ2) is 9.25. The fourth-order valence-electron chi connectivity index (χ4n) is 1.12. The van der Waals surface area contributed by atoms with Crippen LogP contribution in [0.2, 0.25) is 0 Å². The van der Waals surface area contributed by atoms with Crippen LogP contribution < -0.4 is 0 Å². The first-order valence-corrected chi connectivity index (χ1v) is 5.79. The van der Waals surface area contributed by atoms with Crippen LogP contribution in [0, 0.1) is 0 Å². The third-order valence-corrected chi connectivity index (χ3v) is 2.11. The number of halogens is 2. The normalized spacial score (nSPS) is 14.1. The molecule has 0 atom stereocenters. The average Bonchev–Trinajstić information content (AvgIpc) is 2.25. The molecule has 0 N–H and O–H groups in total. The summed E-state index contributed by atoms with van der Waals surface area (Å²) in [5, 5.41) is 0. The van der Waals surface area contributed by atoms with Crippen molar-refractivity contribution >= 4 is 5.71 Å². The number of unbranched alkanes of at least 4 members (excludes halogenated alkanes) is 1. The smallest absolute Gasteiger partial charge is 0.255 e. The molecule has 0 aliphatic carbocycles. The van der Waals surface area contributed by atoms with E-state index in [2.05, 4.69) is 11.9 Å². The van der Waals surface area contributed by atoms with Gasteiger partial charge in [0, 0.05) is 6.20 Å². The van der Waals surface area contributed by atoms with Crippen LogP contribution in [0.1, 0.15) is 46.5 Å². The van der Waals surface area contributed by atoms with Crippen molar-refractivity contribution in [1.82, 2.24) is 0 Å². The molecule has 16 heavy (non-hydrogen) atoms. The fraction of sp³-hybridized carbons (Fsp3) is 0.615. The van der Waals surface area contributed by atoms with Crippen LogP contribution in [0.4, 0.5) is 8.78 Å². The maximum atomic E-state index is 12.5. The molecule has 0 aromatic carbocycles. The second-order valence-electron chi connectivity index (χ2n) is 3.74. The summed E-state index contributed by atoms with van der Waals surface area (Å²) in [7, 11) is 0. The molecule has 0 amide bonds. The molecule has 0 rings (SSSR count). The van der Waals surface area contributed by atoms with Gasteiger partial charge in [-0.3, -0.25) is 4.99 Å². The highest BCUT2D eigenvalue weighted by atomic mass is 19.3. The van der Waals surface area contributed by atoms with E-state index in [0.717, 1.165) is 31.3 Å². The Morgan fingerprint density at radius 2 is 2.00 bits per heavy atom. The zero-order valence-electron chi connectivity index (χ0n) is 10.3. The molecule has 0 heterocycles. The minimum absolute atomic E-state index is 0.155. The largest absolute Gasteiger partial charge is 0.280 e. The number of allylic oxidation sites excluding steroid dienone is 3. The second-order valence-corrected chi connectivity index (χ2v) is 3.74. The van der Waals surface area contributed by atoms with Gasteiger partial charge in [-0.15, -0.1) is 0 Å². The summed E-state index contributed by atoms with van der Waals surface area (Å²) in [4.78, 5) is 3.83. The molecule has 0 saturated heterocycles. The van der Waals surface area contributed by atoms with E-state index in [1.54, 1.807) is 12.3 Å². The van der Waals surface area contributed by atoms with Gasteiger partial charge in [-0.25, -0.2) is 8.78 Å². The van der Waals surface area contributed by atoms with E-state index in [9.17, 15) is 8.78 Å². The van der Waals surface area contributed by atoms with Crippen LogP contribution in [0.5, 0.6) is 0 Å². The number of nitrogens with zero attached hydrogens (tertiary/aromatic N) is 1. The summed E-state index contributed by atoms with van der Waals surface area (Å²) in [5.41, 5.74) is 0.891. The average molecular weight is 229 g/mol. The van der Waals surface area contributed by atoms with E-state index in [4.69, 9.17) is 0 Å². The van der Waals surface area contributed by atoms with Crippen LogP contribution in [0.25, 0.3) is 0 Å². The third kappa shape index (κ3) is 7.32. The van der Waals surface area contributed by atoms with Crippen LogP contribution >= 0.6 is 0 Å². The molecule has 92 valence electrons. The van der Waals surface area contributed by atoms with E-state index in [0.29, 0.717) is 0 Å². The predicted molar refractivity (Wildman–Crippen MR) is 66.2 cm³/mol. The lowest BCUT2D eigenvalue weighted by molar-refractivity contribution is 0.227. The Morgan fingerprint density at radius 1 is 1.31 bits per heavy atom. The molecule has 0 fully saturated rings. The first kappa shape index (κ1) is 15.0. The van der Waals surface area contributed by atoms with Gasteiger partial charge in [-0.2, -0.15) is 0 Å². The summed E-state index contributed by atoms with van der Waals surface area (Å²) in [6.07, 6.45) is 5.99. The Balaban J connectivity index is 4.48. The van der Waals surface area contributed by atoms with Gasteiger partial charge in [-0.1, -0.05) is 31.9 Å². The van der Waals surface area contributed by atoms with Gasteiger partial charge in [0.15, 0.2) is 0 Å². The summed E-state index contributed by atoms with van der Waals surface area (Å²) >= 11 is 0. The Bertz CT molecular complexity index is 265. The number of rotatable bonds is 7. The zero-order chi connectivity index (χ0) is 12.4. The molecular formula is C13H21F2N. The van der Waals surface area contributed by atoms with Gasteiger partial charge in [-0.05, 0) is 32.3 Å². The first-order chi connectivity index (χ1) is 7.61. The Morgan fingerprint density at radius 3 is 2.50 bits per heavy atom. The molecular weight excluding hydrogens is 208 g/mol. The Labute approximate surface area is 97.0 Å². The van der Waals surface area contributed by atoms with Gasteiger partial charge in [0.05, 0.1) is 0 Å². The first-order valence-electron chi connectivity index (χ1n) is 5.79. The highest BCUT2D eigenvalue weighted by Crippen LogP contribution is 2.07. The van der Waals surface area contributed by atoms with E-state index in [-0.39, 0.29) is 5.71 Å². The zero-order valence-corrected chi connectivity index (χ0v) is 10.3. The maximum absolute atomic E-state index is 12.5. The van der Waals surface area contributed by atoms with Gasteiger partial charge in [0.25, 0.3) is 6.43 Å². The molecule has 0 aliphatic heterocycles. The van der Waals surface area contributed by atoms with E-state index in [1.165, 1.54) is 6.08 Å². The topological polar surface area (TPSA) is 12.4 Å². The van der Waals surface area contributed by atoms with Crippen molar-refractivity contribution in [3.8, 4) is 0 Å². The lowest BCUT2D eigenvalue weighted by Crippen LogP contribution is -2.06. The summed E-state index contributed by atoms with van der Waals surface area (Å²) < 4.78 is 25.0. The standard InChI is InChI=1S/C13H21F2N/c1-4-6-8-11(3)10-16-12(13(14)15)9-7-5-2/h7,9-10,13H,4-6,8H2,1-3H3/b9-7?,11-10+,16-12?. The van der Waals surface area contributed by atoms with Crippen molar-refractivity contribution in [1.29, 1.82) is 0 Å². The Hall–Kier alpha value is -0.990. The fourth-order valence-corrected chi connectivity index (χ4v) is 1.12. The van der Waals surface area contributed by atoms with E-state index >= 15 is 0 Å². The molecule has 0 bridgehead atoms. The van der Waals surface area contributed by atoms with E-state index in [1.807, 2.05) is 13.8 Å². The number of hydrogen-bond donors (Lipinski definition) is 0. The quantitative estimate of drug-likeness (QED) is 0.558. The van der Waals surface area contributed by atoms with Crippen molar-refractivity contribution in [3.63, 3.8) is 0 Å². The van der Waals surface area contributed by atoms with Gasteiger partial charge in [0.2, 0.25) is 0 Å². The minimum Gasteiger partial charge on any atom is -0.255 e. The van der Waals surface area contributed by atoms with Crippen LogP contribution in [-0.2, 0) is 0 Å². The van der Waals surface area contributed by atoms with Crippen molar-refractivity contribution in [2.24, 2.45) is 4.99 Å². The SMILES string of the molecule is CCC=CC(=N/C=C(\C)CCCC)C(F)F. The molecule has 0 aromatic rings. The summed E-state index contributed by atoms with van der Waals surface area (Å²) in [5.74, 6) is 0. The maximum Gasteiger partial charge on any atom is 0.280 e. The number of aliphatic imine (C=N–C) groups is 1. The lowest BCUT2D eigenvalue weighted by atomic mass is 10.1. The van der Waals surface area contributed by atoms with Crippen LogP contribution in [-0.4, -0.2) is 12.1 Å². The Kier molecular flexibility index (Phi) is 8.68. The molecule has 1 nitrogen and oxygen atoms in total. The van der Waals surface area contributed by atoms with Crippen molar-refractivity contribution in [2.75, 3.05) is 0 Å². The molecule has 0 unspecified atom stereocenters. The predicted octanol–water partition coefficient (Wildman–Crippen LogP) is 4.75. The van der Waals surface area contributed by atoms with E-state index < -0.39 is 6.43 Å². The number of hydrogen-bond acceptors (Lipinski definition) is 1. The van der Waals surface area contributed by atoms with Gasteiger partial charge >= 0.3 is 0 Å². The summed E-state index contributed by atoms with van der Waals surface area (Å²) in [6.45, 7) is 5.93. The third-order valence-electron chi connectivity index (χ3n) is 2.11. The lowest BCUT2D eigenvalue weighted by Gasteiger charge is -1.99. The molecule has 3 heteroatoms. The molecule has 0 radical (unpaired) electrons. The van der Waals surface area contributed by atoms with Crippen molar-refractivity contribution in [2.45, 2.75) is 52.9 Å². The van der Waals surface area contributed by atoms with Crippen molar-refractivity contribution in [3.05, 3.63) is 23.9 Å².